The van der Waals surface area contributed by atoms with Crippen molar-refractivity contribution in [1.29, 1.82) is 0 Å². The van der Waals surface area contributed by atoms with Crippen molar-refractivity contribution in [2.45, 2.75) is 13.1 Å². The molecule has 2 N–H and O–H groups in total. The summed E-state index contributed by atoms with van der Waals surface area (Å²) in [6, 6.07) is 18.3. The predicted octanol–water partition coefficient (Wildman–Crippen LogP) is 3.43. The molecule has 0 atom stereocenters. The van der Waals surface area contributed by atoms with Gasteiger partial charge in [-0.05, 0) is 23.8 Å². The maximum atomic E-state index is 5.91. The lowest BCUT2D eigenvalue weighted by atomic mass is 10.1. The largest absolute Gasteiger partial charge is 0.459 e. The summed E-state index contributed by atoms with van der Waals surface area (Å²) in [6.45, 7) is 1.28. The van der Waals surface area contributed by atoms with Gasteiger partial charge in [-0.25, -0.2) is 4.98 Å². The van der Waals surface area contributed by atoms with Crippen molar-refractivity contribution < 1.29 is 4.42 Å². The van der Waals surface area contributed by atoms with Crippen LogP contribution in [0.1, 0.15) is 11.3 Å². The van der Waals surface area contributed by atoms with Gasteiger partial charge in [0.15, 0.2) is 11.8 Å². The number of furan rings is 1. The molecular formula is C21H22N6O. The fourth-order valence-electron chi connectivity index (χ4n) is 3.16. The quantitative estimate of drug-likeness (QED) is 0.413. The van der Waals surface area contributed by atoms with Gasteiger partial charge < -0.3 is 14.6 Å². The smallest absolute Gasteiger partial charge is 0.194 e. The summed E-state index contributed by atoms with van der Waals surface area (Å²) in [4.78, 5) is 10.6. The molecule has 4 rings (SSSR count). The third-order valence-corrected chi connectivity index (χ3v) is 4.51. The molecule has 0 fully saturated rings. The first-order chi connectivity index (χ1) is 13.7. The van der Waals surface area contributed by atoms with Crippen molar-refractivity contribution in [3.05, 3.63) is 72.2 Å². The van der Waals surface area contributed by atoms with Gasteiger partial charge in [-0.2, -0.15) is 5.10 Å². The number of hydrogen-bond acceptors (Lipinski definition) is 4. The maximum Gasteiger partial charge on any atom is 0.194 e. The van der Waals surface area contributed by atoms with Crippen LogP contribution in [0, 0.1) is 0 Å². The Kier molecular flexibility index (Phi) is 5.05. The number of aliphatic imine (C=N–C) groups is 1. The van der Waals surface area contributed by atoms with Crippen molar-refractivity contribution in [2.24, 2.45) is 4.99 Å². The molecule has 0 aliphatic rings. The van der Waals surface area contributed by atoms with E-state index >= 15 is 0 Å². The van der Waals surface area contributed by atoms with E-state index in [1.54, 1.807) is 7.05 Å². The molecule has 0 amide bonds. The number of H-pyrrole nitrogens is 1. The highest BCUT2D eigenvalue weighted by Gasteiger charge is 2.11. The number of guanidine groups is 1. The molecule has 0 bridgehead atoms. The molecule has 28 heavy (non-hydrogen) atoms. The topological polar surface area (TPSA) is 82.3 Å². The zero-order valence-electron chi connectivity index (χ0n) is 15.9. The molecule has 4 aromatic rings. The van der Waals surface area contributed by atoms with Crippen LogP contribution in [0.4, 0.5) is 0 Å². The van der Waals surface area contributed by atoms with Gasteiger partial charge in [0.05, 0.1) is 6.54 Å². The number of benzene rings is 2. The number of aromatic nitrogens is 3. The maximum absolute atomic E-state index is 5.91. The molecule has 0 spiro atoms. The summed E-state index contributed by atoms with van der Waals surface area (Å²) in [5.41, 5.74) is 3.03. The minimum Gasteiger partial charge on any atom is -0.459 e. The average molecular weight is 374 g/mol. The van der Waals surface area contributed by atoms with Gasteiger partial charge in [0, 0.05) is 31.6 Å². The molecule has 0 saturated carbocycles. The first-order valence-corrected chi connectivity index (χ1v) is 9.07. The van der Waals surface area contributed by atoms with Gasteiger partial charge in [0.2, 0.25) is 0 Å². The van der Waals surface area contributed by atoms with Gasteiger partial charge in [-0.1, -0.05) is 36.4 Å². The Morgan fingerprint density at radius 3 is 2.86 bits per heavy atom. The van der Waals surface area contributed by atoms with Gasteiger partial charge in [-0.15, -0.1) is 0 Å². The molecule has 0 unspecified atom stereocenters. The first-order valence-electron chi connectivity index (χ1n) is 9.07. The summed E-state index contributed by atoms with van der Waals surface area (Å²) in [6.07, 6.45) is 1.51. The Morgan fingerprint density at radius 2 is 2.07 bits per heavy atom. The Hall–Kier alpha value is -3.61. The average Bonchev–Trinajstić information content (AvgIpc) is 3.38. The number of rotatable bonds is 5. The highest BCUT2D eigenvalue weighted by molar-refractivity contribution is 5.80. The highest BCUT2D eigenvalue weighted by atomic mass is 16.3. The first kappa shape index (κ1) is 17.8. The SMILES string of the molecule is CN=C(NCc1cccc(-c2ncn[nH]2)c1)N(C)Cc1cc2ccccc2o1. The minimum atomic E-state index is 0.631. The minimum absolute atomic E-state index is 0.631. The van der Waals surface area contributed by atoms with Gasteiger partial charge in [-0.3, -0.25) is 10.1 Å². The third kappa shape index (κ3) is 3.88. The number of para-hydroxylation sites is 1. The molecule has 0 aliphatic heterocycles. The lowest BCUT2D eigenvalue weighted by Crippen LogP contribution is -2.37. The van der Waals surface area contributed by atoms with Crippen molar-refractivity contribution in [1.82, 2.24) is 25.4 Å². The summed E-state index contributed by atoms with van der Waals surface area (Å²) < 4.78 is 5.91. The number of nitrogens with zero attached hydrogens (tertiary/aromatic N) is 4. The van der Waals surface area contributed by atoms with E-state index in [1.807, 2.05) is 42.3 Å². The van der Waals surface area contributed by atoms with E-state index in [4.69, 9.17) is 4.42 Å². The molecule has 142 valence electrons. The van der Waals surface area contributed by atoms with E-state index in [9.17, 15) is 0 Å². The van der Waals surface area contributed by atoms with E-state index in [1.165, 1.54) is 6.33 Å². The van der Waals surface area contributed by atoms with Crippen LogP contribution in [0.5, 0.6) is 0 Å². The molecule has 7 heteroatoms. The van der Waals surface area contributed by atoms with Crippen molar-refractivity contribution >= 4 is 16.9 Å². The Labute approximate surface area is 163 Å². The molecule has 2 heterocycles. The predicted molar refractivity (Wildman–Crippen MR) is 110 cm³/mol. The number of hydrogen-bond donors (Lipinski definition) is 2. The van der Waals surface area contributed by atoms with Gasteiger partial charge >= 0.3 is 0 Å². The molecule has 0 saturated heterocycles. The van der Waals surface area contributed by atoms with Gasteiger partial charge in [0.25, 0.3) is 0 Å². The molecule has 0 aliphatic carbocycles. The second-order valence-electron chi connectivity index (χ2n) is 6.54. The summed E-state index contributed by atoms with van der Waals surface area (Å²) in [7, 11) is 3.77. The monoisotopic (exact) mass is 374 g/mol. The van der Waals surface area contributed by atoms with E-state index in [2.05, 4.69) is 49.8 Å². The second kappa shape index (κ2) is 7.96. The van der Waals surface area contributed by atoms with Crippen LogP contribution >= 0.6 is 0 Å². The fourth-order valence-corrected chi connectivity index (χ4v) is 3.16. The molecule has 2 aromatic heterocycles. The van der Waals surface area contributed by atoms with Crippen LogP contribution in [0.2, 0.25) is 0 Å². The number of fused-ring (bicyclic) bond motifs is 1. The van der Waals surface area contributed by atoms with E-state index in [0.29, 0.717) is 13.1 Å². The summed E-state index contributed by atoms with van der Waals surface area (Å²) >= 11 is 0. The highest BCUT2D eigenvalue weighted by Crippen LogP contribution is 2.20. The number of aromatic amines is 1. The van der Waals surface area contributed by atoms with E-state index in [0.717, 1.165) is 39.6 Å². The zero-order chi connectivity index (χ0) is 19.3. The van der Waals surface area contributed by atoms with Crippen LogP contribution < -0.4 is 5.32 Å². The van der Waals surface area contributed by atoms with Crippen LogP contribution in [0.15, 0.2) is 70.3 Å². The Bertz CT molecular complexity index is 1050. The zero-order valence-corrected chi connectivity index (χ0v) is 15.9. The molecule has 2 aromatic carbocycles. The van der Waals surface area contributed by atoms with Crippen LogP contribution in [-0.2, 0) is 13.1 Å². The molecule has 0 radical (unpaired) electrons. The van der Waals surface area contributed by atoms with Crippen LogP contribution in [-0.4, -0.2) is 40.1 Å². The lowest BCUT2D eigenvalue weighted by Gasteiger charge is -2.21. The molecule has 7 nitrogen and oxygen atoms in total. The summed E-state index contributed by atoms with van der Waals surface area (Å²) in [5, 5.41) is 11.3. The van der Waals surface area contributed by atoms with Crippen molar-refractivity contribution in [2.75, 3.05) is 14.1 Å². The normalized spacial score (nSPS) is 11.7. The summed E-state index contributed by atoms with van der Waals surface area (Å²) in [5.74, 6) is 2.46. The van der Waals surface area contributed by atoms with Crippen molar-refractivity contribution in [3.63, 3.8) is 0 Å². The van der Waals surface area contributed by atoms with Crippen molar-refractivity contribution in [3.8, 4) is 11.4 Å². The Morgan fingerprint density at radius 1 is 1.18 bits per heavy atom. The van der Waals surface area contributed by atoms with E-state index in [-0.39, 0.29) is 0 Å². The van der Waals surface area contributed by atoms with E-state index < -0.39 is 0 Å². The standard InChI is InChI=1S/C21H22N6O/c1-22-21(27(2)13-18-11-16-7-3-4-9-19(16)28-18)23-12-15-6-5-8-17(10-15)20-24-14-25-26-20/h3-11,14H,12-13H2,1-2H3,(H,22,23)(H,24,25,26). The van der Waals surface area contributed by atoms with Crippen LogP contribution in [0.25, 0.3) is 22.4 Å². The second-order valence-corrected chi connectivity index (χ2v) is 6.54. The van der Waals surface area contributed by atoms with Gasteiger partial charge in [0.1, 0.15) is 17.7 Å². The molecular weight excluding hydrogens is 352 g/mol. The fraction of sp³-hybridized carbons (Fsp3) is 0.190. The Balaban J connectivity index is 1.41. The number of nitrogens with one attached hydrogen (secondary N) is 2. The lowest BCUT2D eigenvalue weighted by molar-refractivity contribution is 0.412. The van der Waals surface area contributed by atoms with Crippen LogP contribution in [0.3, 0.4) is 0 Å². The third-order valence-electron chi connectivity index (χ3n) is 4.51.